The average molecular weight is 324 g/mol. The van der Waals surface area contributed by atoms with Gasteiger partial charge < -0.3 is 20.1 Å². The highest BCUT2D eigenvalue weighted by molar-refractivity contribution is 5.89. The molecule has 0 bridgehead atoms. The van der Waals surface area contributed by atoms with Gasteiger partial charge in [-0.1, -0.05) is 19.9 Å². The zero-order chi connectivity index (χ0) is 17.0. The maximum atomic E-state index is 14.0. The number of rotatable bonds is 4. The summed E-state index contributed by atoms with van der Waals surface area (Å²) in [5.41, 5.74) is 0.104. The Morgan fingerprint density at radius 2 is 2.09 bits per heavy atom. The fraction of sp³-hybridized carbons (Fsp3) is 0.588. The SMILES string of the molecule is CC(C)c1ccc(NC(=O)N(C)CC2(O)CCOCC2)cc1F. The molecule has 0 aromatic heterocycles. The third kappa shape index (κ3) is 4.65. The molecule has 0 saturated carbocycles. The van der Waals surface area contributed by atoms with Gasteiger partial charge in [0.05, 0.1) is 12.1 Å². The van der Waals surface area contributed by atoms with Crippen molar-refractivity contribution in [2.24, 2.45) is 0 Å². The van der Waals surface area contributed by atoms with Crippen molar-refractivity contribution in [1.29, 1.82) is 0 Å². The third-order valence-electron chi connectivity index (χ3n) is 4.18. The van der Waals surface area contributed by atoms with Crippen LogP contribution in [0.4, 0.5) is 14.9 Å². The molecule has 0 spiro atoms. The van der Waals surface area contributed by atoms with E-state index in [4.69, 9.17) is 4.74 Å². The number of carbonyl (C=O) groups excluding carboxylic acids is 1. The van der Waals surface area contributed by atoms with Crippen molar-refractivity contribution in [3.05, 3.63) is 29.6 Å². The zero-order valence-corrected chi connectivity index (χ0v) is 13.9. The van der Waals surface area contributed by atoms with E-state index in [1.165, 1.54) is 11.0 Å². The Kier molecular flexibility index (Phi) is 5.59. The Morgan fingerprint density at radius 3 is 2.65 bits per heavy atom. The van der Waals surface area contributed by atoms with Crippen LogP contribution in [0.1, 0.15) is 38.2 Å². The Hall–Kier alpha value is -1.66. The maximum absolute atomic E-state index is 14.0. The molecule has 0 unspecified atom stereocenters. The fourth-order valence-electron chi connectivity index (χ4n) is 2.71. The van der Waals surface area contributed by atoms with Crippen LogP contribution >= 0.6 is 0 Å². The number of nitrogens with one attached hydrogen (secondary N) is 1. The second-order valence-corrected chi connectivity index (χ2v) is 6.51. The topological polar surface area (TPSA) is 61.8 Å². The number of urea groups is 1. The van der Waals surface area contributed by atoms with Crippen LogP contribution in [0.3, 0.4) is 0 Å². The number of nitrogens with zero attached hydrogens (tertiary/aromatic N) is 1. The number of hydrogen-bond acceptors (Lipinski definition) is 3. The van der Waals surface area contributed by atoms with Crippen molar-refractivity contribution in [1.82, 2.24) is 4.90 Å². The molecular formula is C17H25FN2O3. The van der Waals surface area contributed by atoms with E-state index in [1.807, 2.05) is 13.8 Å². The molecular weight excluding hydrogens is 299 g/mol. The van der Waals surface area contributed by atoms with E-state index in [1.54, 1.807) is 19.2 Å². The van der Waals surface area contributed by atoms with Crippen molar-refractivity contribution < 1.29 is 19.0 Å². The van der Waals surface area contributed by atoms with E-state index in [2.05, 4.69) is 5.32 Å². The smallest absolute Gasteiger partial charge is 0.321 e. The number of carbonyl (C=O) groups is 1. The zero-order valence-electron chi connectivity index (χ0n) is 13.9. The quantitative estimate of drug-likeness (QED) is 0.895. The van der Waals surface area contributed by atoms with Crippen LogP contribution in [0.2, 0.25) is 0 Å². The molecule has 2 amide bonds. The standard InChI is InChI=1S/C17H25FN2O3/c1-12(2)14-5-4-13(10-15(14)18)19-16(21)20(3)11-17(22)6-8-23-9-7-17/h4-5,10,12,22H,6-9,11H2,1-3H3,(H,19,21). The molecule has 1 aromatic carbocycles. The summed E-state index contributed by atoms with van der Waals surface area (Å²) in [5.74, 6) is -0.242. The number of halogens is 1. The molecule has 23 heavy (non-hydrogen) atoms. The van der Waals surface area contributed by atoms with Crippen LogP contribution in [0, 0.1) is 5.82 Å². The van der Waals surface area contributed by atoms with Crippen molar-refractivity contribution in [3.63, 3.8) is 0 Å². The van der Waals surface area contributed by atoms with Gasteiger partial charge >= 0.3 is 6.03 Å². The fourth-order valence-corrected chi connectivity index (χ4v) is 2.71. The van der Waals surface area contributed by atoms with Crippen LogP contribution in [0.5, 0.6) is 0 Å². The monoisotopic (exact) mass is 324 g/mol. The summed E-state index contributed by atoms with van der Waals surface area (Å²) in [5, 5.41) is 13.1. The van der Waals surface area contributed by atoms with Crippen molar-refractivity contribution in [3.8, 4) is 0 Å². The highest BCUT2D eigenvalue weighted by Crippen LogP contribution is 2.23. The minimum Gasteiger partial charge on any atom is -0.388 e. The van der Waals surface area contributed by atoms with E-state index >= 15 is 0 Å². The number of hydrogen-bond donors (Lipinski definition) is 2. The molecule has 0 radical (unpaired) electrons. The Morgan fingerprint density at radius 1 is 1.43 bits per heavy atom. The van der Waals surface area contributed by atoms with Crippen LogP contribution < -0.4 is 5.32 Å². The molecule has 128 valence electrons. The summed E-state index contributed by atoms with van der Waals surface area (Å²) >= 11 is 0. The molecule has 1 aliphatic heterocycles. The van der Waals surface area contributed by atoms with E-state index < -0.39 is 5.60 Å². The van der Waals surface area contributed by atoms with E-state index in [9.17, 15) is 14.3 Å². The highest BCUT2D eigenvalue weighted by Gasteiger charge is 2.32. The van der Waals surface area contributed by atoms with E-state index in [0.29, 0.717) is 37.3 Å². The third-order valence-corrected chi connectivity index (χ3v) is 4.18. The van der Waals surface area contributed by atoms with Gasteiger partial charge in [0.1, 0.15) is 5.82 Å². The maximum Gasteiger partial charge on any atom is 0.321 e. The van der Waals surface area contributed by atoms with Crippen LogP contribution in [-0.4, -0.2) is 48.4 Å². The molecule has 5 nitrogen and oxygen atoms in total. The number of benzene rings is 1. The van der Waals surface area contributed by atoms with Crippen molar-refractivity contribution in [2.75, 3.05) is 32.1 Å². The Bertz CT molecular complexity index is 557. The summed E-state index contributed by atoms with van der Waals surface area (Å²) in [7, 11) is 1.61. The van der Waals surface area contributed by atoms with Gasteiger partial charge in [0.25, 0.3) is 0 Å². The first kappa shape index (κ1) is 17.7. The molecule has 1 saturated heterocycles. The number of amides is 2. The summed E-state index contributed by atoms with van der Waals surface area (Å²) in [6.07, 6.45) is 1.00. The van der Waals surface area contributed by atoms with Gasteiger partial charge in [-0.25, -0.2) is 9.18 Å². The van der Waals surface area contributed by atoms with Gasteiger partial charge in [-0.05, 0) is 23.6 Å². The van der Waals surface area contributed by atoms with Crippen LogP contribution in [-0.2, 0) is 4.74 Å². The average Bonchev–Trinajstić information content (AvgIpc) is 2.47. The van der Waals surface area contributed by atoms with E-state index in [0.717, 1.165) is 0 Å². The van der Waals surface area contributed by atoms with Gasteiger partial charge in [0, 0.05) is 38.8 Å². The number of likely N-dealkylation sites (N-methyl/N-ethyl adjacent to an activating group) is 1. The minimum atomic E-state index is -0.920. The minimum absolute atomic E-state index is 0.0881. The van der Waals surface area contributed by atoms with Gasteiger partial charge in [-0.3, -0.25) is 0 Å². The van der Waals surface area contributed by atoms with E-state index in [-0.39, 0.29) is 24.3 Å². The molecule has 1 heterocycles. The van der Waals surface area contributed by atoms with Gasteiger partial charge in [0.15, 0.2) is 0 Å². The highest BCUT2D eigenvalue weighted by atomic mass is 19.1. The second-order valence-electron chi connectivity index (χ2n) is 6.51. The molecule has 2 N–H and O–H groups in total. The lowest BCUT2D eigenvalue weighted by Gasteiger charge is -2.35. The largest absolute Gasteiger partial charge is 0.388 e. The summed E-state index contributed by atoms with van der Waals surface area (Å²) in [4.78, 5) is 13.6. The van der Waals surface area contributed by atoms with Gasteiger partial charge in [-0.2, -0.15) is 0 Å². The summed E-state index contributed by atoms with van der Waals surface area (Å²) < 4.78 is 19.2. The molecule has 1 fully saturated rings. The van der Waals surface area contributed by atoms with Crippen LogP contribution in [0.15, 0.2) is 18.2 Å². The number of aliphatic hydroxyl groups is 1. The Balaban J connectivity index is 1.96. The molecule has 0 atom stereocenters. The summed E-state index contributed by atoms with van der Waals surface area (Å²) in [6.45, 7) is 5.04. The molecule has 6 heteroatoms. The lowest BCUT2D eigenvalue weighted by Crippen LogP contribution is -2.48. The van der Waals surface area contributed by atoms with Crippen LogP contribution in [0.25, 0.3) is 0 Å². The lowest BCUT2D eigenvalue weighted by molar-refractivity contribution is -0.0717. The molecule has 1 aromatic rings. The number of anilines is 1. The van der Waals surface area contributed by atoms with Crippen molar-refractivity contribution in [2.45, 2.75) is 38.2 Å². The predicted octanol–water partition coefficient (Wildman–Crippen LogP) is 2.95. The Labute approximate surface area is 136 Å². The first-order valence-electron chi connectivity index (χ1n) is 7.92. The predicted molar refractivity (Wildman–Crippen MR) is 87.1 cm³/mol. The van der Waals surface area contributed by atoms with Crippen molar-refractivity contribution >= 4 is 11.7 Å². The number of ether oxygens (including phenoxy) is 1. The van der Waals surface area contributed by atoms with Gasteiger partial charge in [0.2, 0.25) is 0 Å². The lowest BCUT2D eigenvalue weighted by atomic mass is 9.94. The summed E-state index contributed by atoms with van der Waals surface area (Å²) in [6, 6.07) is 4.32. The normalized spacial score (nSPS) is 17.1. The molecule has 0 aliphatic carbocycles. The molecule has 1 aliphatic rings. The second kappa shape index (κ2) is 7.27. The molecule has 2 rings (SSSR count). The first-order chi connectivity index (χ1) is 10.8. The first-order valence-corrected chi connectivity index (χ1v) is 7.92. The van der Waals surface area contributed by atoms with Gasteiger partial charge in [-0.15, -0.1) is 0 Å².